The van der Waals surface area contributed by atoms with Gasteiger partial charge in [-0.05, 0) is 24.1 Å². The fourth-order valence-corrected chi connectivity index (χ4v) is 2.27. The lowest BCUT2D eigenvalue weighted by molar-refractivity contribution is -0.131. The lowest BCUT2D eigenvalue weighted by Gasteiger charge is -2.20. The van der Waals surface area contributed by atoms with E-state index in [1.807, 2.05) is 0 Å². The number of ether oxygens (including phenoxy) is 2. The largest absolute Gasteiger partial charge is 0.497 e. The van der Waals surface area contributed by atoms with Crippen molar-refractivity contribution in [3.05, 3.63) is 23.8 Å². The van der Waals surface area contributed by atoms with Crippen molar-refractivity contribution in [2.75, 3.05) is 14.2 Å². The van der Waals surface area contributed by atoms with Gasteiger partial charge in [-0.15, -0.1) is 0 Å². The van der Waals surface area contributed by atoms with Crippen molar-refractivity contribution < 1.29 is 19.1 Å². The Bertz CT molecular complexity index is 440. The van der Waals surface area contributed by atoms with Crippen LogP contribution >= 0.6 is 0 Å². The maximum atomic E-state index is 11.9. The van der Waals surface area contributed by atoms with E-state index in [9.17, 15) is 9.59 Å². The molecule has 0 atom stereocenters. The average Bonchev–Trinajstić information content (AvgIpc) is 2.38. The smallest absolute Gasteiger partial charge is 0.147 e. The molecule has 2 rings (SSSR count). The maximum Gasteiger partial charge on any atom is 0.147 e. The normalized spacial score (nSPS) is 16.8. The van der Waals surface area contributed by atoms with Crippen molar-refractivity contribution in [1.82, 2.24) is 0 Å². The van der Waals surface area contributed by atoms with Crippen LogP contribution in [-0.4, -0.2) is 25.8 Å². The van der Waals surface area contributed by atoms with Crippen LogP contribution < -0.4 is 9.47 Å². The summed E-state index contributed by atoms with van der Waals surface area (Å²) in [5.74, 6) is 0.511. The van der Waals surface area contributed by atoms with Gasteiger partial charge in [-0.25, -0.2) is 0 Å². The summed E-state index contributed by atoms with van der Waals surface area (Å²) in [6.45, 7) is 0. The molecular weight excluding hydrogens is 232 g/mol. The summed E-state index contributed by atoms with van der Waals surface area (Å²) < 4.78 is 10.3. The van der Waals surface area contributed by atoms with E-state index in [1.54, 1.807) is 32.4 Å². The van der Waals surface area contributed by atoms with Crippen molar-refractivity contribution >= 4 is 11.6 Å². The molecule has 0 amide bonds. The highest BCUT2D eigenvalue weighted by molar-refractivity contribution is 6.09. The summed E-state index contributed by atoms with van der Waals surface area (Å²) >= 11 is 0. The molecule has 0 heterocycles. The van der Waals surface area contributed by atoms with Crippen LogP contribution in [0.1, 0.15) is 30.7 Å². The standard InChI is InChI=1S/C14H16O4/c1-17-10-6-9(7-11(8-10)18-2)14-12(15)4-3-5-13(14)16/h6-8,14H,3-5H2,1-2H3. The van der Waals surface area contributed by atoms with Gasteiger partial charge in [0.25, 0.3) is 0 Å². The van der Waals surface area contributed by atoms with E-state index in [0.717, 1.165) is 0 Å². The second-order valence-corrected chi connectivity index (χ2v) is 4.37. The maximum absolute atomic E-state index is 11.9. The molecule has 1 aromatic carbocycles. The summed E-state index contributed by atoms with van der Waals surface area (Å²) in [5, 5.41) is 0. The summed E-state index contributed by atoms with van der Waals surface area (Å²) in [6, 6.07) is 5.18. The van der Waals surface area contributed by atoms with E-state index in [2.05, 4.69) is 0 Å². The minimum absolute atomic E-state index is 0.0124. The molecule has 18 heavy (non-hydrogen) atoms. The number of ketones is 2. The summed E-state index contributed by atoms with van der Waals surface area (Å²) in [4.78, 5) is 23.8. The number of carbonyl (C=O) groups is 2. The van der Waals surface area contributed by atoms with Gasteiger partial charge in [-0.1, -0.05) is 0 Å². The number of hydrogen-bond acceptors (Lipinski definition) is 4. The fraction of sp³-hybridized carbons (Fsp3) is 0.429. The van der Waals surface area contributed by atoms with E-state index in [4.69, 9.17) is 9.47 Å². The average molecular weight is 248 g/mol. The van der Waals surface area contributed by atoms with E-state index in [1.165, 1.54) is 0 Å². The third-order valence-corrected chi connectivity index (χ3v) is 3.20. The molecule has 1 aromatic rings. The van der Waals surface area contributed by atoms with Crippen molar-refractivity contribution in [1.29, 1.82) is 0 Å². The highest BCUT2D eigenvalue weighted by atomic mass is 16.5. The zero-order valence-electron chi connectivity index (χ0n) is 10.6. The molecule has 0 aromatic heterocycles. The monoisotopic (exact) mass is 248 g/mol. The zero-order valence-corrected chi connectivity index (χ0v) is 10.6. The van der Waals surface area contributed by atoms with Crippen LogP contribution in [0.25, 0.3) is 0 Å². The van der Waals surface area contributed by atoms with Crippen LogP contribution in [0.2, 0.25) is 0 Å². The molecule has 0 unspecified atom stereocenters. The minimum atomic E-state index is -0.650. The number of benzene rings is 1. The third-order valence-electron chi connectivity index (χ3n) is 3.20. The highest BCUT2D eigenvalue weighted by Crippen LogP contribution is 2.32. The molecule has 0 N–H and O–H groups in total. The minimum Gasteiger partial charge on any atom is -0.497 e. The predicted octanol–water partition coefficient (Wildman–Crippen LogP) is 2.11. The molecule has 4 heteroatoms. The number of rotatable bonds is 3. The molecule has 0 spiro atoms. The van der Waals surface area contributed by atoms with Crippen LogP contribution in [0, 0.1) is 0 Å². The zero-order chi connectivity index (χ0) is 13.1. The molecule has 4 nitrogen and oxygen atoms in total. The van der Waals surface area contributed by atoms with Gasteiger partial charge in [0.05, 0.1) is 14.2 Å². The van der Waals surface area contributed by atoms with Gasteiger partial charge in [0, 0.05) is 18.9 Å². The molecule has 96 valence electrons. The number of methoxy groups -OCH3 is 2. The third kappa shape index (κ3) is 2.37. The molecule has 0 radical (unpaired) electrons. The first-order chi connectivity index (χ1) is 8.65. The van der Waals surface area contributed by atoms with Gasteiger partial charge in [0.1, 0.15) is 29.0 Å². The Kier molecular flexibility index (Phi) is 3.65. The Hall–Kier alpha value is -1.84. The molecule has 1 aliphatic rings. The van der Waals surface area contributed by atoms with Gasteiger partial charge < -0.3 is 9.47 Å². The van der Waals surface area contributed by atoms with E-state index >= 15 is 0 Å². The molecule has 1 saturated carbocycles. The van der Waals surface area contributed by atoms with Gasteiger partial charge in [-0.3, -0.25) is 9.59 Å². The van der Waals surface area contributed by atoms with Crippen molar-refractivity contribution in [3.8, 4) is 11.5 Å². The quantitative estimate of drug-likeness (QED) is 0.769. The first-order valence-corrected chi connectivity index (χ1v) is 5.94. The Balaban J connectivity index is 2.42. The second-order valence-electron chi connectivity index (χ2n) is 4.37. The molecular formula is C14H16O4. The Morgan fingerprint density at radius 2 is 1.44 bits per heavy atom. The lowest BCUT2D eigenvalue weighted by atomic mass is 9.82. The van der Waals surface area contributed by atoms with Crippen LogP contribution in [0.4, 0.5) is 0 Å². The van der Waals surface area contributed by atoms with E-state index in [-0.39, 0.29) is 11.6 Å². The molecule has 1 aliphatic carbocycles. The Morgan fingerprint density at radius 3 is 1.89 bits per heavy atom. The van der Waals surface area contributed by atoms with Gasteiger partial charge in [0.15, 0.2) is 0 Å². The number of Topliss-reactive ketones (excluding diaryl/α,β-unsaturated/α-hetero) is 2. The van der Waals surface area contributed by atoms with Gasteiger partial charge in [0.2, 0.25) is 0 Å². The predicted molar refractivity (Wildman–Crippen MR) is 66.2 cm³/mol. The molecule has 0 bridgehead atoms. The van der Waals surface area contributed by atoms with Crippen molar-refractivity contribution in [2.24, 2.45) is 0 Å². The number of hydrogen-bond donors (Lipinski definition) is 0. The summed E-state index contributed by atoms with van der Waals surface area (Å²) in [5.41, 5.74) is 0.668. The lowest BCUT2D eigenvalue weighted by Crippen LogP contribution is -2.26. The van der Waals surface area contributed by atoms with Crippen molar-refractivity contribution in [3.63, 3.8) is 0 Å². The fourth-order valence-electron chi connectivity index (χ4n) is 2.27. The first kappa shape index (κ1) is 12.6. The van der Waals surface area contributed by atoms with Crippen LogP contribution in [0.15, 0.2) is 18.2 Å². The number of carbonyl (C=O) groups excluding carboxylic acids is 2. The molecule has 0 saturated heterocycles. The highest BCUT2D eigenvalue weighted by Gasteiger charge is 2.31. The summed E-state index contributed by atoms with van der Waals surface area (Å²) in [6.07, 6.45) is 1.60. The van der Waals surface area contributed by atoms with Crippen molar-refractivity contribution in [2.45, 2.75) is 25.2 Å². The van der Waals surface area contributed by atoms with Crippen LogP contribution in [-0.2, 0) is 9.59 Å². The van der Waals surface area contributed by atoms with E-state index < -0.39 is 5.92 Å². The van der Waals surface area contributed by atoms with Crippen LogP contribution in [0.5, 0.6) is 11.5 Å². The van der Waals surface area contributed by atoms with Crippen LogP contribution in [0.3, 0.4) is 0 Å². The summed E-state index contributed by atoms with van der Waals surface area (Å²) in [7, 11) is 3.09. The molecule has 1 fully saturated rings. The topological polar surface area (TPSA) is 52.6 Å². The Labute approximate surface area is 106 Å². The van der Waals surface area contributed by atoms with E-state index in [0.29, 0.717) is 36.3 Å². The second kappa shape index (κ2) is 5.21. The van der Waals surface area contributed by atoms with Gasteiger partial charge >= 0.3 is 0 Å². The molecule has 0 aliphatic heterocycles. The van der Waals surface area contributed by atoms with Gasteiger partial charge in [-0.2, -0.15) is 0 Å². The first-order valence-electron chi connectivity index (χ1n) is 5.94. The Morgan fingerprint density at radius 1 is 0.944 bits per heavy atom. The SMILES string of the molecule is COc1cc(OC)cc(C2C(=O)CCCC2=O)c1.